The highest BCUT2D eigenvalue weighted by molar-refractivity contribution is 5.85. The average Bonchev–Trinajstić information content (AvgIpc) is 2.48. The lowest BCUT2D eigenvalue weighted by molar-refractivity contribution is -0.385. The fourth-order valence-corrected chi connectivity index (χ4v) is 2.89. The van der Waals surface area contributed by atoms with Crippen LogP contribution in [0.1, 0.15) is 38.3 Å². The molecule has 0 amide bonds. The third kappa shape index (κ3) is 6.63. The monoisotopic (exact) mass is 363 g/mol. The first-order chi connectivity index (χ1) is 10.1. The Bertz CT molecular complexity index is 480. The summed E-state index contributed by atoms with van der Waals surface area (Å²) in [7, 11) is 0. The van der Waals surface area contributed by atoms with Crippen molar-refractivity contribution in [3.05, 3.63) is 39.9 Å². The summed E-state index contributed by atoms with van der Waals surface area (Å²) in [5.41, 5.74) is 1.27. The van der Waals surface area contributed by atoms with Gasteiger partial charge in [0.05, 0.1) is 4.92 Å². The van der Waals surface area contributed by atoms with Gasteiger partial charge in [0, 0.05) is 44.4 Å². The van der Waals surface area contributed by atoms with E-state index in [-0.39, 0.29) is 41.5 Å². The number of hydrogen-bond acceptors (Lipinski definition) is 4. The smallest absolute Gasteiger partial charge is 0.269 e. The Labute approximate surface area is 150 Å². The molecular weight excluding hydrogens is 337 g/mol. The van der Waals surface area contributed by atoms with Crippen LogP contribution in [-0.4, -0.2) is 36.0 Å². The number of nitro benzene ring substituents is 1. The Kier molecular flexibility index (Phi) is 10.4. The molecule has 5 nitrogen and oxygen atoms in total. The van der Waals surface area contributed by atoms with Crippen LogP contribution < -0.4 is 5.32 Å². The van der Waals surface area contributed by atoms with E-state index in [0.717, 1.165) is 44.6 Å². The second kappa shape index (κ2) is 10.8. The molecule has 0 radical (unpaired) electrons. The van der Waals surface area contributed by atoms with Crippen LogP contribution in [0.5, 0.6) is 0 Å². The lowest BCUT2D eigenvalue weighted by Crippen LogP contribution is -2.45. The number of hydrogen-bond donors (Lipinski definition) is 1. The van der Waals surface area contributed by atoms with Crippen molar-refractivity contribution < 1.29 is 4.92 Å². The minimum Gasteiger partial charge on any atom is -0.314 e. The molecule has 1 aliphatic heterocycles. The SMILES string of the molecule is CC(C)CC[C@H](c1cccc([N+](=O)[O-])c1)N1CCNCC1.Cl.Cl. The molecule has 1 aromatic rings. The molecular formula is C16H27Cl2N3O2. The molecule has 0 bridgehead atoms. The first-order valence-corrected chi connectivity index (χ1v) is 7.77. The predicted molar refractivity (Wildman–Crippen MR) is 98.8 cm³/mol. The fraction of sp³-hybridized carbons (Fsp3) is 0.625. The standard InChI is InChI=1S/C16H25N3O2.2ClH/c1-13(2)6-7-16(18-10-8-17-9-11-18)14-4-3-5-15(12-14)19(20)21;;/h3-5,12-13,16-17H,6-11H2,1-2H3;2*1H/t16-;;/m1../s1. The molecule has 0 aromatic heterocycles. The van der Waals surface area contributed by atoms with E-state index in [1.165, 1.54) is 0 Å². The normalized spacial score (nSPS) is 16.3. The number of benzene rings is 1. The highest BCUT2D eigenvalue weighted by Gasteiger charge is 2.23. The fourth-order valence-electron chi connectivity index (χ4n) is 2.89. The second-order valence-electron chi connectivity index (χ2n) is 6.13. The van der Waals surface area contributed by atoms with Gasteiger partial charge in [0.25, 0.3) is 5.69 Å². The summed E-state index contributed by atoms with van der Waals surface area (Å²) in [5.74, 6) is 0.647. The zero-order valence-electron chi connectivity index (χ0n) is 13.7. The molecule has 1 aliphatic rings. The maximum atomic E-state index is 11.0. The quantitative estimate of drug-likeness (QED) is 0.616. The molecule has 1 heterocycles. The summed E-state index contributed by atoms with van der Waals surface area (Å²) in [6.45, 7) is 8.45. The van der Waals surface area contributed by atoms with Crippen LogP contribution >= 0.6 is 24.8 Å². The van der Waals surface area contributed by atoms with Gasteiger partial charge in [-0.1, -0.05) is 26.0 Å². The Hall–Kier alpha value is -0.880. The van der Waals surface area contributed by atoms with E-state index in [1.54, 1.807) is 18.2 Å². The topological polar surface area (TPSA) is 58.4 Å². The van der Waals surface area contributed by atoms with Crippen molar-refractivity contribution in [2.45, 2.75) is 32.7 Å². The van der Waals surface area contributed by atoms with Gasteiger partial charge in [0.2, 0.25) is 0 Å². The molecule has 0 unspecified atom stereocenters. The molecule has 1 atom stereocenters. The molecule has 1 saturated heterocycles. The number of nitrogens with one attached hydrogen (secondary N) is 1. The van der Waals surface area contributed by atoms with Gasteiger partial charge in [-0.25, -0.2) is 0 Å². The summed E-state index contributed by atoms with van der Waals surface area (Å²) in [6.07, 6.45) is 2.19. The number of halogens is 2. The van der Waals surface area contributed by atoms with Gasteiger partial charge >= 0.3 is 0 Å². The first-order valence-electron chi connectivity index (χ1n) is 7.77. The van der Waals surface area contributed by atoms with E-state index in [4.69, 9.17) is 0 Å². The Morgan fingerprint density at radius 1 is 1.22 bits per heavy atom. The van der Waals surface area contributed by atoms with Gasteiger partial charge < -0.3 is 5.32 Å². The van der Waals surface area contributed by atoms with Crippen LogP contribution in [0.4, 0.5) is 5.69 Å². The van der Waals surface area contributed by atoms with E-state index < -0.39 is 0 Å². The van der Waals surface area contributed by atoms with Crippen molar-refractivity contribution >= 4 is 30.5 Å². The van der Waals surface area contributed by atoms with Gasteiger partial charge in [-0.2, -0.15) is 0 Å². The minimum absolute atomic E-state index is 0. The number of rotatable bonds is 6. The summed E-state index contributed by atoms with van der Waals surface area (Å²) < 4.78 is 0. The van der Waals surface area contributed by atoms with Crippen molar-refractivity contribution in [1.82, 2.24) is 10.2 Å². The maximum absolute atomic E-state index is 11.0. The first kappa shape index (κ1) is 22.1. The number of non-ortho nitro benzene ring substituents is 1. The molecule has 0 saturated carbocycles. The van der Waals surface area contributed by atoms with Gasteiger partial charge in [-0.15, -0.1) is 24.8 Å². The molecule has 0 aliphatic carbocycles. The van der Waals surface area contributed by atoms with Gasteiger partial charge in [0.1, 0.15) is 0 Å². The summed E-state index contributed by atoms with van der Waals surface area (Å²) in [4.78, 5) is 13.2. The summed E-state index contributed by atoms with van der Waals surface area (Å²) in [6, 6.07) is 7.43. The minimum atomic E-state index is -0.305. The van der Waals surface area contributed by atoms with Crippen molar-refractivity contribution in [2.24, 2.45) is 5.92 Å². The average molecular weight is 364 g/mol. The lowest BCUT2D eigenvalue weighted by Gasteiger charge is -2.35. The predicted octanol–water partition coefficient (Wildman–Crippen LogP) is 3.82. The van der Waals surface area contributed by atoms with E-state index in [9.17, 15) is 10.1 Å². The molecule has 7 heteroatoms. The van der Waals surface area contributed by atoms with Gasteiger partial charge in [-0.05, 0) is 24.3 Å². The number of nitro groups is 1. The van der Waals surface area contributed by atoms with Crippen molar-refractivity contribution in [3.8, 4) is 0 Å². The largest absolute Gasteiger partial charge is 0.314 e. The number of piperazine rings is 1. The highest BCUT2D eigenvalue weighted by Crippen LogP contribution is 2.29. The van der Waals surface area contributed by atoms with E-state index in [2.05, 4.69) is 24.1 Å². The third-order valence-corrected chi connectivity index (χ3v) is 4.08. The number of nitrogens with zero attached hydrogens (tertiary/aromatic N) is 2. The Morgan fingerprint density at radius 3 is 2.43 bits per heavy atom. The van der Waals surface area contributed by atoms with Crippen LogP contribution in [0, 0.1) is 16.0 Å². The molecule has 1 aromatic carbocycles. The summed E-state index contributed by atoms with van der Waals surface area (Å²) in [5, 5.41) is 14.4. The van der Waals surface area contributed by atoms with Crippen molar-refractivity contribution in [1.29, 1.82) is 0 Å². The summed E-state index contributed by atoms with van der Waals surface area (Å²) >= 11 is 0. The van der Waals surface area contributed by atoms with Gasteiger partial charge in [0.15, 0.2) is 0 Å². The molecule has 1 N–H and O–H groups in total. The maximum Gasteiger partial charge on any atom is 0.269 e. The molecule has 23 heavy (non-hydrogen) atoms. The zero-order chi connectivity index (χ0) is 15.2. The molecule has 0 spiro atoms. The molecule has 1 fully saturated rings. The van der Waals surface area contributed by atoms with E-state index in [1.807, 2.05) is 6.07 Å². The second-order valence-corrected chi connectivity index (χ2v) is 6.13. The van der Waals surface area contributed by atoms with Crippen molar-refractivity contribution in [3.63, 3.8) is 0 Å². The van der Waals surface area contributed by atoms with Crippen LogP contribution in [0.2, 0.25) is 0 Å². The van der Waals surface area contributed by atoms with Gasteiger partial charge in [-0.3, -0.25) is 15.0 Å². The lowest BCUT2D eigenvalue weighted by atomic mass is 9.95. The van der Waals surface area contributed by atoms with Crippen LogP contribution in [0.25, 0.3) is 0 Å². The van der Waals surface area contributed by atoms with Crippen molar-refractivity contribution in [2.75, 3.05) is 26.2 Å². The molecule has 132 valence electrons. The highest BCUT2D eigenvalue weighted by atomic mass is 35.5. The third-order valence-electron chi connectivity index (χ3n) is 4.08. The van der Waals surface area contributed by atoms with E-state index in [0.29, 0.717) is 5.92 Å². The Morgan fingerprint density at radius 2 is 1.87 bits per heavy atom. The van der Waals surface area contributed by atoms with Crippen LogP contribution in [0.3, 0.4) is 0 Å². The van der Waals surface area contributed by atoms with E-state index >= 15 is 0 Å². The Balaban J connectivity index is 0.00000242. The van der Waals surface area contributed by atoms with Crippen LogP contribution in [-0.2, 0) is 0 Å². The van der Waals surface area contributed by atoms with Crippen LogP contribution in [0.15, 0.2) is 24.3 Å². The zero-order valence-corrected chi connectivity index (χ0v) is 15.4. The molecule has 2 rings (SSSR count).